The number of ether oxygens (including phenoxy) is 4. The molecule has 13 unspecified atom stereocenters. The average molecular weight is 1030 g/mol. The lowest BCUT2D eigenvalue weighted by atomic mass is 9.84. The Balaban J connectivity index is 1.92. The van der Waals surface area contributed by atoms with Crippen LogP contribution in [0.25, 0.3) is 0 Å². The van der Waals surface area contributed by atoms with Gasteiger partial charge in [-0.2, -0.15) is 0 Å². The van der Waals surface area contributed by atoms with Crippen LogP contribution in [0.4, 0.5) is 0 Å². The molecule has 70 heavy (non-hydrogen) atoms. The number of hydrogen-bond donors (Lipinski definition) is 9. The second-order valence-electron chi connectivity index (χ2n) is 19.4. The van der Waals surface area contributed by atoms with Crippen molar-refractivity contribution in [3.05, 3.63) is 12.2 Å². The third-order valence-electron chi connectivity index (χ3n) is 13.2. The summed E-state index contributed by atoms with van der Waals surface area (Å²) in [6.07, 6.45) is 12.9. The highest BCUT2D eigenvalue weighted by Gasteiger charge is 2.55. The van der Waals surface area contributed by atoms with E-state index in [1.54, 1.807) is 0 Å². The van der Waals surface area contributed by atoms with Gasteiger partial charge in [-0.05, 0) is 38.5 Å². The van der Waals surface area contributed by atoms with Crippen molar-refractivity contribution >= 4 is 19.8 Å². The minimum Gasteiger partial charge on any atom is -0.462 e. The Bertz CT molecular complexity index is 1410. The number of carbonyl (C=O) groups excluding carboxylic acids is 2. The first-order valence-corrected chi connectivity index (χ1v) is 28.5. The molecule has 0 bridgehead atoms. The quantitative estimate of drug-likeness (QED) is 0.0130. The number of phosphoric acid groups is 1. The van der Waals surface area contributed by atoms with Crippen molar-refractivity contribution in [1.82, 2.24) is 0 Å². The third kappa shape index (κ3) is 27.1. The van der Waals surface area contributed by atoms with Crippen LogP contribution in [0, 0.1) is 0 Å². The van der Waals surface area contributed by atoms with Gasteiger partial charge in [0.1, 0.15) is 67.6 Å². The molecule has 0 amide bonds. The lowest BCUT2D eigenvalue weighted by molar-refractivity contribution is -0.338. The van der Waals surface area contributed by atoms with Crippen LogP contribution in [-0.2, 0) is 42.1 Å². The fourth-order valence-electron chi connectivity index (χ4n) is 8.76. The van der Waals surface area contributed by atoms with E-state index in [9.17, 15) is 59.9 Å². The maximum absolute atomic E-state index is 13.4. The lowest BCUT2D eigenvalue weighted by Gasteiger charge is -2.47. The van der Waals surface area contributed by atoms with E-state index >= 15 is 0 Å². The molecule has 0 radical (unpaired) electrons. The van der Waals surface area contributed by atoms with Gasteiger partial charge < -0.3 is 64.7 Å². The van der Waals surface area contributed by atoms with Crippen LogP contribution < -0.4 is 0 Å². The summed E-state index contributed by atoms with van der Waals surface area (Å²) in [5.41, 5.74) is 0. The molecule has 0 spiro atoms. The van der Waals surface area contributed by atoms with Crippen LogP contribution in [0.15, 0.2) is 12.2 Å². The molecule has 9 N–H and O–H groups in total. The van der Waals surface area contributed by atoms with Crippen molar-refractivity contribution in [1.29, 1.82) is 0 Å². The number of carbonyl (C=O) groups is 2. The normalized spacial score (nSPS) is 27.4. The summed E-state index contributed by atoms with van der Waals surface area (Å²) in [5, 5.41) is 83.0. The number of hydrogen-bond acceptors (Lipinski definition) is 17. The van der Waals surface area contributed by atoms with Crippen molar-refractivity contribution in [3.63, 3.8) is 0 Å². The van der Waals surface area contributed by atoms with E-state index in [0.29, 0.717) is 12.8 Å². The molecule has 0 aromatic heterocycles. The van der Waals surface area contributed by atoms with Gasteiger partial charge >= 0.3 is 19.8 Å². The molecule has 1 saturated heterocycles. The zero-order valence-corrected chi connectivity index (χ0v) is 43.5. The molecule has 0 aromatic carbocycles. The van der Waals surface area contributed by atoms with Crippen LogP contribution in [0.2, 0.25) is 0 Å². The Labute approximate surface area is 418 Å². The molecule has 18 nitrogen and oxygen atoms in total. The van der Waals surface area contributed by atoms with Gasteiger partial charge in [-0.3, -0.25) is 18.6 Å². The number of aliphatic hydroxyl groups excluding tert-OH is 8. The number of phosphoric ester groups is 1. The summed E-state index contributed by atoms with van der Waals surface area (Å²) in [6.45, 7) is 2.24. The molecule has 2 aliphatic rings. The Kier molecular flexibility index (Phi) is 35.8. The highest BCUT2D eigenvalue weighted by Crippen LogP contribution is 2.48. The molecule has 1 aliphatic carbocycles. The molecule has 0 aromatic rings. The Hall–Kier alpha value is -1.61. The summed E-state index contributed by atoms with van der Waals surface area (Å²) in [6, 6.07) is 0. The molecular weight excluding hydrogens is 932 g/mol. The molecule has 13 atom stereocenters. The molecule has 2 rings (SSSR count). The molecule has 19 heteroatoms. The maximum Gasteiger partial charge on any atom is 0.472 e. The van der Waals surface area contributed by atoms with E-state index in [2.05, 4.69) is 26.0 Å². The van der Waals surface area contributed by atoms with E-state index in [1.165, 1.54) is 116 Å². The first-order chi connectivity index (χ1) is 33.7. The number of unbranched alkanes of at least 4 members (excludes halogenated alkanes) is 25. The molecular formula is C51H95O18P. The number of aliphatic hydroxyl groups is 8. The predicted octanol–water partition coefficient (Wildman–Crippen LogP) is 6.88. The van der Waals surface area contributed by atoms with Crippen molar-refractivity contribution in [2.24, 2.45) is 0 Å². The van der Waals surface area contributed by atoms with Crippen LogP contribution in [0.5, 0.6) is 0 Å². The molecule has 2 fully saturated rings. The smallest absolute Gasteiger partial charge is 0.462 e. The minimum absolute atomic E-state index is 0.0159. The highest BCUT2D eigenvalue weighted by atomic mass is 31.2. The summed E-state index contributed by atoms with van der Waals surface area (Å²) >= 11 is 0. The lowest BCUT2D eigenvalue weighted by Crippen LogP contribution is -2.67. The van der Waals surface area contributed by atoms with Gasteiger partial charge in [0.2, 0.25) is 0 Å². The summed E-state index contributed by atoms with van der Waals surface area (Å²) in [5.74, 6) is -1.23. The second kappa shape index (κ2) is 38.9. The molecule has 1 heterocycles. The van der Waals surface area contributed by atoms with Crippen molar-refractivity contribution in [3.8, 4) is 0 Å². The fourth-order valence-corrected chi connectivity index (χ4v) is 9.73. The van der Waals surface area contributed by atoms with Crippen molar-refractivity contribution < 1.29 is 87.9 Å². The molecule has 412 valence electrons. The number of esters is 2. The average Bonchev–Trinajstić information content (AvgIpc) is 3.34. The predicted molar refractivity (Wildman–Crippen MR) is 263 cm³/mol. The topological polar surface area (TPSA) is 289 Å². The van der Waals surface area contributed by atoms with Gasteiger partial charge in [-0.15, -0.1) is 0 Å². The second-order valence-corrected chi connectivity index (χ2v) is 20.8. The van der Waals surface area contributed by atoms with E-state index in [0.717, 1.165) is 51.4 Å². The van der Waals surface area contributed by atoms with Gasteiger partial charge in [-0.1, -0.05) is 167 Å². The van der Waals surface area contributed by atoms with Crippen LogP contribution >= 0.6 is 7.82 Å². The number of rotatable bonds is 42. The zero-order valence-electron chi connectivity index (χ0n) is 42.6. The van der Waals surface area contributed by atoms with Crippen molar-refractivity contribution in [2.75, 3.05) is 19.8 Å². The van der Waals surface area contributed by atoms with E-state index in [4.69, 9.17) is 28.0 Å². The largest absolute Gasteiger partial charge is 0.472 e. The van der Waals surface area contributed by atoms with Gasteiger partial charge in [0.15, 0.2) is 12.4 Å². The van der Waals surface area contributed by atoms with E-state index < -0.39 is 113 Å². The van der Waals surface area contributed by atoms with Crippen LogP contribution in [0.3, 0.4) is 0 Å². The monoisotopic (exact) mass is 1030 g/mol. The SMILES string of the molecule is CCCCCCCCC/C=C\CCCCCC(=O)OC(COC(=O)CCCCCCCCCCCCCCCCCC)COP(=O)(O)OC1C(O)C(O)C(O)C(O)C1OC1OC(CO)C(O)C(O)C1O. The Morgan fingerprint density at radius 3 is 1.43 bits per heavy atom. The van der Waals surface area contributed by atoms with Gasteiger partial charge in [0, 0.05) is 12.8 Å². The molecule has 1 aliphatic heterocycles. The summed E-state index contributed by atoms with van der Waals surface area (Å²) < 4.78 is 45.5. The highest BCUT2D eigenvalue weighted by molar-refractivity contribution is 7.47. The van der Waals surface area contributed by atoms with Crippen LogP contribution in [0.1, 0.15) is 206 Å². The first-order valence-electron chi connectivity index (χ1n) is 27.0. The Morgan fingerprint density at radius 1 is 0.529 bits per heavy atom. The Morgan fingerprint density at radius 2 is 0.943 bits per heavy atom. The zero-order chi connectivity index (χ0) is 51.6. The standard InChI is InChI=1S/C51H95O18P/c1-3-5-7-9-11-13-15-17-19-20-22-23-25-27-29-31-33-40(53)64-36-38(66-41(54)34-32-30-28-26-24-21-18-16-14-12-10-8-6-4-2)37-65-70(62,63)69-50-47(60)45(58)44(57)46(59)49(50)68-51-48(61)43(56)42(55)39(35-52)67-51/h21,24,38-39,42-52,55-61H,3-20,22-23,25-37H2,1-2H3,(H,62,63)/b24-21-. The third-order valence-corrected chi connectivity index (χ3v) is 14.2. The summed E-state index contributed by atoms with van der Waals surface area (Å²) in [4.78, 5) is 36.6. The fraction of sp³-hybridized carbons (Fsp3) is 0.922. The number of allylic oxidation sites excluding steroid dienone is 2. The maximum atomic E-state index is 13.4. The molecule has 1 saturated carbocycles. The first kappa shape index (κ1) is 64.5. The van der Waals surface area contributed by atoms with Crippen LogP contribution in [-0.4, -0.2) is 151 Å². The van der Waals surface area contributed by atoms with Gasteiger partial charge in [0.05, 0.1) is 13.2 Å². The van der Waals surface area contributed by atoms with Gasteiger partial charge in [0.25, 0.3) is 0 Å². The van der Waals surface area contributed by atoms with Gasteiger partial charge in [-0.25, -0.2) is 4.57 Å². The minimum atomic E-state index is -5.38. The van der Waals surface area contributed by atoms with E-state index in [1.807, 2.05) is 0 Å². The van der Waals surface area contributed by atoms with E-state index in [-0.39, 0.29) is 12.8 Å². The van der Waals surface area contributed by atoms with Crippen molar-refractivity contribution in [2.45, 2.75) is 280 Å². The summed E-state index contributed by atoms with van der Waals surface area (Å²) in [7, 11) is -5.38.